The molecule has 0 aliphatic rings. The molecule has 0 saturated carbocycles. The van der Waals surface area contributed by atoms with E-state index in [0.717, 1.165) is 18.5 Å². The van der Waals surface area contributed by atoms with E-state index in [2.05, 4.69) is 0 Å². The molecule has 1 aromatic carbocycles. The first-order valence-corrected chi connectivity index (χ1v) is 6.54. The van der Waals surface area contributed by atoms with Crippen LogP contribution >= 0.6 is 0 Å². The Morgan fingerprint density at radius 2 is 1.80 bits per heavy atom. The van der Waals surface area contributed by atoms with Gasteiger partial charge in [0.25, 0.3) is 5.69 Å². The minimum atomic E-state index is -0.510. The van der Waals surface area contributed by atoms with E-state index in [1.807, 2.05) is 18.9 Å². The van der Waals surface area contributed by atoms with Crippen LogP contribution < -0.4 is 0 Å². The molecule has 20 heavy (non-hydrogen) atoms. The molecule has 6 heteroatoms. The van der Waals surface area contributed by atoms with E-state index < -0.39 is 10.3 Å². The highest BCUT2D eigenvalue weighted by Gasteiger charge is 2.24. The first-order valence-electron chi connectivity index (χ1n) is 6.54. The maximum atomic E-state index is 10.6. The van der Waals surface area contributed by atoms with Gasteiger partial charge in [0, 0.05) is 30.6 Å². The zero-order chi connectivity index (χ0) is 15.2. The summed E-state index contributed by atoms with van der Waals surface area (Å²) in [6, 6.07) is 6.51. The van der Waals surface area contributed by atoms with Crippen molar-refractivity contribution >= 4 is 5.69 Å². The molecule has 1 rings (SSSR count). The topological polar surface area (TPSA) is 86.8 Å². The molecule has 0 unspecified atom stereocenters. The highest BCUT2D eigenvalue weighted by atomic mass is 16.6. The van der Waals surface area contributed by atoms with Crippen LogP contribution in [0.3, 0.4) is 0 Å². The Labute approximate surface area is 118 Å². The molecular formula is C14H22N2O4. The molecule has 1 aromatic rings. The molecule has 0 fully saturated rings. The molecule has 0 bridgehead atoms. The molecule has 0 saturated heterocycles. The summed E-state index contributed by atoms with van der Waals surface area (Å²) in [7, 11) is 1.93. The second-order valence-corrected chi connectivity index (χ2v) is 5.54. The van der Waals surface area contributed by atoms with Crippen molar-refractivity contribution in [2.24, 2.45) is 5.41 Å². The molecular weight excluding hydrogens is 260 g/mol. The number of aliphatic hydroxyl groups is 2. The number of nitro groups is 1. The number of nitro benzene ring substituents is 1. The monoisotopic (exact) mass is 282 g/mol. The van der Waals surface area contributed by atoms with Gasteiger partial charge in [0.15, 0.2) is 0 Å². The number of benzene rings is 1. The number of hydrogen-bond donors (Lipinski definition) is 2. The second-order valence-electron chi connectivity index (χ2n) is 5.54. The predicted molar refractivity (Wildman–Crippen MR) is 76.6 cm³/mol. The minimum Gasteiger partial charge on any atom is -0.396 e. The maximum absolute atomic E-state index is 10.6. The largest absolute Gasteiger partial charge is 0.396 e. The van der Waals surface area contributed by atoms with Gasteiger partial charge in [-0.3, -0.25) is 10.1 Å². The van der Waals surface area contributed by atoms with E-state index in [-0.39, 0.29) is 18.9 Å². The molecule has 0 radical (unpaired) electrons. The predicted octanol–water partition coefficient (Wildman–Crippen LogP) is 1.06. The van der Waals surface area contributed by atoms with Crippen LogP contribution in [0.2, 0.25) is 0 Å². The van der Waals surface area contributed by atoms with E-state index >= 15 is 0 Å². The molecule has 0 aliphatic heterocycles. The summed E-state index contributed by atoms with van der Waals surface area (Å²) in [4.78, 5) is 12.2. The van der Waals surface area contributed by atoms with Crippen molar-refractivity contribution in [2.45, 2.75) is 13.3 Å². The molecule has 112 valence electrons. The van der Waals surface area contributed by atoms with Gasteiger partial charge in [-0.05, 0) is 19.0 Å². The molecule has 0 amide bonds. The summed E-state index contributed by atoms with van der Waals surface area (Å²) in [5.41, 5.74) is 0.608. The van der Waals surface area contributed by atoms with Gasteiger partial charge in [-0.1, -0.05) is 19.1 Å². The SMILES string of the molecule is CN(CCc1ccc([N+](=O)[O-])cc1)CC(C)(CO)CO. The smallest absolute Gasteiger partial charge is 0.269 e. The maximum Gasteiger partial charge on any atom is 0.269 e. The molecule has 0 aromatic heterocycles. The van der Waals surface area contributed by atoms with Crippen LogP contribution in [0, 0.1) is 15.5 Å². The Kier molecular flexibility index (Phi) is 6.06. The summed E-state index contributed by atoms with van der Waals surface area (Å²) in [5, 5.41) is 29.1. The lowest BCUT2D eigenvalue weighted by Gasteiger charge is -2.30. The highest BCUT2D eigenvalue weighted by molar-refractivity contribution is 5.32. The Bertz CT molecular complexity index is 429. The summed E-state index contributed by atoms with van der Waals surface area (Å²) in [5.74, 6) is 0. The lowest BCUT2D eigenvalue weighted by Crippen LogP contribution is -2.39. The second kappa shape index (κ2) is 7.33. The Hall–Kier alpha value is -1.50. The number of non-ortho nitro benzene ring substituents is 1. The van der Waals surface area contributed by atoms with Crippen molar-refractivity contribution < 1.29 is 15.1 Å². The normalized spacial score (nSPS) is 11.8. The summed E-state index contributed by atoms with van der Waals surface area (Å²) < 4.78 is 0. The van der Waals surface area contributed by atoms with Crippen molar-refractivity contribution in [1.82, 2.24) is 4.90 Å². The van der Waals surface area contributed by atoms with Crippen molar-refractivity contribution in [3.8, 4) is 0 Å². The number of hydrogen-bond acceptors (Lipinski definition) is 5. The van der Waals surface area contributed by atoms with Gasteiger partial charge >= 0.3 is 0 Å². The summed E-state index contributed by atoms with van der Waals surface area (Å²) >= 11 is 0. The average Bonchev–Trinajstić information content (AvgIpc) is 2.45. The van der Waals surface area contributed by atoms with Gasteiger partial charge in [0.1, 0.15) is 0 Å². The lowest BCUT2D eigenvalue weighted by molar-refractivity contribution is -0.384. The van der Waals surface area contributed by atoms with Crippen LogP contribution in [0.4, 0.5) is 5.69 Å². The van der Waals surface area contributed by atoms with Crippen molar-refractivity contribution in [3.63, 3.8) is 0 Å². The highest BCUT2D eigenvalue weighted by Crippen LogP contribution is 2.16. The molecule has 0 aliphatic carbocycles. The molecule has 0 atom stereocenters. The van der Waals surface area contributed by atoms with E-state index in [1.165, 1.54) is 12.1 Å². The van der Waals surface area contributed by atoms with Crippen LogP contribution in [-0.2, 0) is 6.42 Å². The number of rotatable bonds is 8. The van der Waals surface area contributed by atoms with Crippen LogP contribution in [0.5, 0.6) is 0 Å². The Balaban J connectivity index is 2.48. The minimum absolute atomic E-state index is 0.0641. The fourth-order valence-corrected chi connectivity index (χ4v) is 1.98. The van der Waals surface area contributed by atoms with Crippen LogP contribution in [-0.4, -0.2) is 53.4 Å². The summed E-state index contributed by atoms with van der Waals surface area (Å²) in [6.07, 6.45) is 0.765. The first-order chi connectivity index (χ1) is 9.40. The zero-order valence-corrected chi connectivity index (χ0v) is 12.0. The first kappa shape index (κ1) is 16.6. The standard InChI is InChI=1S/C14H22N2O4/c1-14(10-17,11-18)9-15(2)8-7-12-3-5-13(6-4-12)16(19)20/h3-6,17-18H,7-11H2,1-2H3. The molecule has 6 nitrogen and oxygen atoms in total. The number of nitrogens with zero attached hydrogens (tertiary/aromatic N) is 2. The Morgan fingerprint density at radius 3 is 2.25 bits per heavy atom. The van der Waals surface area contributed by atoms with Crippen molar-refractivity contribution in [3.05, 3.63) is 39.9 Å². The average molecular weight is 282 g/mol. The van der Waals surface area contributed by atoms with E-state index in [0.29, 0.717) is 6.54 Å². The third kappa shape index (κ3) is 4.88. The fourth-order valence-electron chi connectivity index (χ4n) is 1.98. The van der Waals surface area contributed by atoms with Crippen LogP contribution in [0.1, 0.15) is 12.5 Å². The van der Waals surface area contributed by atoms with Gasteiger partial charge in [-0.15, -0.1) is 0 Å². The molecule has 2 N–H and O–H groups in total. The van der Waals surface area contributed by atoms with Crippen LogP contribution in [0.25, 0.3) is 0 Å². The van der Waals surface area contributed by atoms with Gasteiger partial charge < -0.3 is 15.1 Å². The van der Waals surface area contributed by atoms with Gasteiger partial charge in [0.2, 0.25) is 0 Å². The Morgan fingerprint density at radius 1 is 1.25 bits per heavy atom. The van der Waals surface area contributed by atoms with E-state index in [1.54, 1.807) is 12.1 Å². The van der Waals surface area contributed by atoms with Gasteiger partial charge in [0.05, 0.1) is 18.1 Å². The quantitative estimate of drug-likeness (QED) is 0.550. The van der Waals surface area contributed by atoms with Crippen molar-refractivity contribution in [2.75, 3.05) is 33.4 Å². The molecule has 0 spiro atoms. The third-order valence-corrected chi connectivity index (χ3v) is 3.34. The third-order valence-electron chi connectivity index (χ3n) is 3.34. The summed E-state index contributed by atoms with van der Waals surface area (Å²) in [6.45, 7) is 3.05. The molecule has 0 heterocycles. The van der Waals surface area contributed by atoms with Gasteiger partial charge in [-0.25, -0.2) is 0 Å². The number of aliphatic hydroxyl groups excluding tert-OH is 2. The van der Waals surface area contributed by atoms with E-state index in [4.69, 9.17) is 0 Å². The fraction of sp³-hybridized carbons (Fsp3) is 0.571. The van der Waals surface area contributed by atoms with E-state index in [9.17, 15) is 20.3 Å². The van der Waals surface area contributed by atoms with Gasteiger partial charge in [-0.2, -0.15) is 0 Å². The number of likely N-dealkylation sites (N-methyl/N-ethyl adjacent to an activating group) is 1. The van der Waals surface area contributed by atoms with Crippen molar-refractivity contribution in [1.29, 1.82) is 0 Å². The van der Waals surface area contributed by atoms with Crippen LogP contribution in [0.15, 0.2) is 24.3 Å². The lowest BCUT2D eigenvalue weighted by atomic mass is 9.92. The zero-order valence-electron chi connectivity index (χ0n) is 12.0.